The number of hydrogen-bond acceptors (Lipinski definition) is 5. The topological polar surface area (TPSA) is 55.0 Å². The number of imidazole rings is 1. The van der Waals surface area contributed by atoms with E-state index in [1.807, 2.05) is 17.7 Å². The molecule has 1 aromatic carbocycles. The third kappa shape index (κ3) is 3.75. The summed E-state index contributed by atoms with van der Waals surface area (Å²) in [5, 5.41) is 4.71. The Morgan fingerprint density at radius 3 is 2.74 bits per heavy atom. The van der Waals surface area contributed by atoms with Crippen LogP contribution in [0.25, 0.3) is 17.0 Å². The van der Waals surface area contributed by atoms with Crippen LogP contribution in [-0.2, 0) is 13.1 Å². The molecule has 1 saturated heterocycles. The molecule has 0 radical (unpaired) electrons. The van der Waals surface area contributed by atoms with Crippen LogP contribution in [0.5, 0.6) is 0 Å². The molecule has 1 aliphatic heterocycles. The van der Waals surface area contributed by atoms with Gasteiger partial charge in [-0.1, -0.05) is 19.1 Å². The summed E-state index contributed by atoms with van der Waals surface area (Å²) in [6, 6.07) is 8.31. The van der Waals surface area contributed by atoms with Gasteiger partial charge in [0.2, 0.25) is 5.95 Å². The van der Waals surface area contributed by atoms with Gasteiger partial charge in [-0.05, 0) is 52.0 Å². The Labute approximate surface area is 160 Å². The summed E-state index contributed by atoms with van der Waals surface area (Å²) in [6.07, 6.45) is 2.24. The summed E-state index contributed by atoms with van der Waals surface area (Å²) in [5.74, 6) is 2.65. The molecule has 0 saturated carbocycles. The first kappa shape index (κ1) is 18.1. The fourth-order valence-electron chi connectivity index (χ4n) is 3.85. The SMILES string of the molecule is CCCn1c(-n2nc(C)nc2CN2CCCN(C)CC2)nc2ccccc21. The summed E-state index contributed by atoms with van der Waals surface area (Å²) < 4.78 is 4.22. The average Bonchev–Trinajstić information content (AvgIpc) is 3.12. The van der Waals surface area contributed by atoms with Crippen molar-refractivity contribution in [2.45, 2.75) is 39.8 Å². The molecule has 144 valence electrons. The predicted octanol–water partition coefficient (Wildman–Crippen LogP) is 2.47. The number of nitrogens with zero attached hydrogens (tertiary/aromatic N) is 7. The van der Waals surface area contributed by atoms with Crippen LogP contribution >= 0.6 is 0 Å². The average molecular weight is 368 g/mol. The minimum Gasteiger partial charge on any atom is -0.308 e. The van der Waals surface area contributed by atoms with Gasteiger partial charge in [-0.2, -0.15) is 4.68 Å². The van der Waals surface area contributed by atoms with Gasteiger partial charge in [-0.3, -0.25) is 4.90 Å². The zero-order chi connectivity index (χ0) is 18.8. The Morgan fingerprint density at radius 1 is 1.04 bits per heavy atom. The number of aromatic nitrogens is 5. The van der Waals surface area contributed by atoms with Crippen LogP contribution in [0.3, 0.4) is 0 Å². The fraction of sp³-hybridized carbons (Fsp3) is 0.550. The zero-order valence-corrected chi connectivity index (χ0v) is 16.6. The Balaban J connectivity index is 1.70. The van der Waals surface area contributed by atoms with Crippen LogP contribution in [0, 0.1) is 6.92 Å². The van der Waals surface area contributed by atoms with Crippen molar-refractivity contribution < 1.29 is 0 Å². The number of likely N-dealkylation sites (N-methyl/N-ethyl adjacent to an activating group) is 1. The molecule has 7 heteroatoms. The zero-order valence-electron chi connectivity index (χ0n) is 16.6. The summed E-state index contributed by atoms with van der Waals surface area (Å²) in [5.41, 5.74) is 2.17. The summed E-state index contributed by atoms with van der Waals surface area (Å²) in [4.78, 5) is 14.5. The second kappa shape index (κ2) is 7.78. The maximum Gasteiger partial charge on any atom is 0.233 e. The predicted molar refractivity (Wildman–Crippen MR) is 107 cm³/mol. The van der Waals surface area contributed by atoms with Gasteiger partial charge in [0.15, 0.2) is 0 Å². The van der Waals surface area contributed by atoms with Gasteiger partial charge >= 0.3 is 0 Å². The number of benzene rings is 1. The molecular weight excluding hydrogens is 338 g/mol. The first-order valence-corrected chi connectivity index (χ1v) is 9.95. The largest absolute Gasteiger partial charge is 0.308 e. The fourth-order valence-corrected chi connectivity index (χ4v) is 3.85. The van der Waals surface area contributed by atoms with Crippen molar-refractivity contribution >= 4 is 11.0 Å². The van der Waals surface area contributed by atoms with E-state index in [0.717, 1.165) is 74.3 Å². The lowest BCUT2D eigenvalue weighted by Gasteiger charge is -2.19. The van der Waals surface area contributed by atoms with Gasteiger partial charge in [0, 0.05) is 19.6 Å². The van der Waals surface area contributed by atoms with Gasteiger partial charge in [-0.15, -0.1) is 5.10 Å². The molecule has 0 atom stereocenters. The number of fused-ring (bicyclic) bond motifs is 1. The molecule has 3 heterocycles. The molecule has 0 aliphatic carbocycles. The van der Waals surface area contributed by atoms with Crippen LogP contribution in [0.1, 0.15) is 31.4 Å². The maximum atomic E-state index is 4.90. The molecule has 0 bridgehead atoms. The van der Waals surface area contributed by atoms with Crippen LogP contribution in [0.4, 0.5) is 0 Å². The van der Waals surface area contributed by atoms with Gasteiger partial charge in [0.1, 0.15) is 11.6 Å². The molecule has 2 aromatic heterocycles. The molecular formula is C20H29N7. The lowest BCUT2D eigenvalue weighted by atomic mass is 10.3. The van der Waals surface area contributed by atoms with Crippen LogP contribution in [0.2, 0.25) is 0 Å². The molecule has 1 fully saturated rings. The van der Waals surface area contributed by atoms with E-state index in [-0.39, 0.29) is 0 Å². The second-order valence-electron chi connectivity index (χ2n) is 7.47. The van der Waals surface area contributed by atoms with Crippen molar-refractivity contribution in [2.24, 2.45) is 0 Å². The molecule has 0 amide bonds. The van der Waals surface area contributed by atoms with Gasteiger partial charge in [0.25, 0.3) is 0 Å². The summed E-state index contributed by atoms with van der Waals surface area (Å²) in [7, 11) is 2.20. The first-order valence-electron chi connectivity index (χ1n) is 9.95. The highest BCUT2D eigenvalue weighted by Gasteiger charge is 2.20. The monoisotopic (exact) mass is 367 g/mol. The van der Waals surface area contributed by atoms with Crippen molar-refractivity contribution in [1.82, 2.24) is 34.1 Å². The van der Waals surface area contributed by atoms with E-state index in [1.165, 1.54) is 6.42 Å². The van der Waals surface area contributed by atoms with Crippen LogP contribution in [0.15, 0.2) is 24.3 Å². The van der Waals surface area contributed by atoms with Gasteiger partial charge in [-0.25, -0.2) is 9.97 Å². The highest BCUT2D eigenvalue weighted by Crippen LogP contribution is 2.21. The normalized spacial score (nSPS) is 16.9. The van der Waals surface area contributed by atoms with E-state index < -0.39 is 0 Å². The maximum absolute atomic E-state index is 4.90. The minimum atomic E-state index is 0.798. The Morgan fingerprint density at radius 2 is 1.89 bits per heavy atom. The van der Waals surface area contributed by atoms with Crippen molar-refractivity contribution in [2.75, 3.05) is 33.2 Å². The molecule has 27 heavy (non-hydrogen) atoms. The van der Waals surface area contributed by atoms with E-state index in [4.69, 9.17) is 15.1 Å². The quantitative estimate of drug-likeness (QED) is 0.693. The van der Waals surface area contributed by atoms with Gasteiger partial charge in [0.05, 0.1) is 17.6 Å². The summed E-state index contributed by atoms with van der Waals surface area (Å²) >= 11 is 0. The molecule has 0 unspecified atom stereocenters. The third-order valence-electron chi connectivity index (χ3n) is 5.23. The van der Waals surface area contributed by atoms with Crippen molar-refractivity contribution in [3.8, 4) is 5.95 Å². The van der Waals surface area contributed by atoms with Crippen LogP contribution in [-0.4, -0.2) is 67.3 Å². The lowest BCUT2D eigenvalue weighted by Crippen LogP contribution is -2.30. The summed E-state index contributed by atoms with van der Waals surface area (Å²) in [6.45, 7) is 10.3. The Hall–Kier alpha value is -2.25. The number of aryl methyl sites for hydroxylation is 2. The molecule has 1 aliphatic rings. The first-order chi connectivity index (χ1) is 13.2. The van der Waals surface area contributed by atoms with E-state index in [0.29, 0.717) is 0 Å². The minimum absolute atomic E-state index is 0.798. The van der Waals surface area contributed by atoms with E-state index >= 15 is 0 Å². The lowest BCUT2D eigenvalue weighted by molar-refractivity contribution is 0.261. The second-order valence-corrected chi connectivity index (χ2v) is 7.47. The van der Waals surface area contributed by atoms with E-state index in [2.05, 4.69) is 46.5 Å². The molecule has 0 N–H and O–H groups in total. The van der Waals surface area contributed by atoms with Crippen molar-refractivity contribution in [3.63, 3.8) is 0 Å². The Bertz CT molecular complexity index is 910. The molecule has 0 spiro atoms. The van der Waals surface area contributed by atoms with Crippen molar-refractivity contribution in [3.05, 3.63) is 35.9 Å². The number of para-hydroxylation sites is 2. The molecule has 7 nitrogen and oxygen atoms in total. The number of rotatable bonds is 5. The van der Waals surface area contributed by atoms with Crippen molar-refractivity contribution in [1.29, 1.82) is 0 Å². The molecule has 3 aromatic rings. The standard InChI is InChI=1S/C20H29N7/c1-4-10-26-18-9-6-5-8-17(18)22-20(26)27-19(21-16(2)23-27)15-25-12-7-11-24(3)13-14-25/h5-6,8-9H,4,7,10-15H2,1-3H3. The smallest absolute Gasteiger partial charge is 0.233 e. The third-order valence-corrected chi connectivity index (χ3v) is 5.23. The number of hydrogen-bond donors (Lipinski definition) is 0. The molecule has 4 rings (SSSR count). The van der Waals surface area contributed by atoms with E-state index in [9.17, 15) is 0 Å². The highest BCUT2D eigenvalue weighted by atomic mass is 15.4. The highest BCUT2D eigenvalue weighted by molar-refractivity contribution is 5.77. The van der Waals surface area contributed by atoms with E-state index in [1.54, 1.807) is 0 Å². The van der Waals surface area contributed by atoms with Crippen LogP contribution < -0.4 is 0 Å². The Kier molecular flexibility index (Phi) is 5.22. The van der Waals surface area contributed by atoms with Gasteiger partial charge < -0.3 is 9.47 Å².